The molecule has 0 bridgehead atoms. The number of aromatic nitrogens is 1. The van der Waals surface area contributed by atoms with Gasteiger partial charge in [0.2, 0.25) is 11.9 Å². The molecule has 1 aliphatic heterocycles. The molecule has 2 amide bonds. The molecule has 1 aromatic carbocycles. The van der Waals surface area contributed by atoms with Gasteiger partial charge in [0.25, 0.3) is 5.91 Å². The Hall–Kier alpha value is -2.76. The molecule has 2 aromatic rings. The van der Waals surface area contributed by atoms with E-state index in [1.165, 1.54) is 17.8 Å². The van der Waals surface area contributed by atoms with Crippen LogP contribution in [0.2, 0.25) is 0 Å². The number of carbonyl (C=O) groups is 2. The number of piperidine rings is 1. The molecule has 1 aliphatic carbocycles. The Bertz CT molecular complexity index is 850. The summed E-state index contributed by atoms with van der Waals surface area (Å²) in [6, 6.07) is 12.9. The van der Waals surface area contributed by atoms with Crippen molar-refractivity contribution in [3.05, 3.63) is 65.7 Å². The summed E-state index contributed by atoms with van der Waals surface area (Å²) in [5.41, 5.74) is 1.53. The molecule has 1 saturated heterocycles. The highest BCUT2D eigenvalue weighted by molar-refractivity contribution is 5.94. The number of amides is 2. The van der Waals surface area contributed by atoms with Crippen molar-refractivity contribution in [3.63, 3.8) is 0 Å². The van der Waals surface area contributed by atoms with E-state index in [-0.39, 0.29) is 23.3 Å². The number of carbonyl (C=O) groups excluding carboxylic acids is 2. The fourth-order valence-corrected chi connectivity index (χ4v) is 4.01. The molecule has 5 nitrogen and oxygen atoms in total. The third kappa shape index (κ3) is 4.21. The van der Waals surface area contributed by atoms with Crippen molar-refractivity contribution in [3.8, 4) is 0 Å². The van der Waals surface area contributed by atoms with Crippen molar-refractivity contribution in [1.82, 2.24) is 15.2 Å². The number of benzene rings is 1. The summed E-state index contributed by atoms with van der Waals surface area (Å²) in [7, 11) is 0. The second-order valence-electron chi connectivity index (χ2n) is 7.71. The lowest BCUT2D eigenvalue weighted by atomic mass is 9.96. The molecule has 28 heavy (non-hydrogen) atoms. The Morgan fingerprint density at radius 3 is 2.61 bits per heavy atom. The van der Waals surface area contributed by atoms with Gasteiger partial charge in [-0.25, -0.2) is 4.98 Å². The fraction of sp³-hybridized carbons (Fsp3) is 0.409. The zero-order valence-corrected chi connectivity index (χ0v) is 15.7. The molecule has 0 spiro atoms. The highest BCUT2D eigenvalue weighted by Gasteiger charge is 2.46. The average Bonchev–Trinajstić information content (AvgIpc) is 3.53. The molecule has 2 unspecified atom stereocenters. The van der Waals surface area contributed by atoms with E-state index in [0.29, 0.717) is 18.4 Å². The van der Waals surface area contributed by atoms with Gasteiger partial charge < -0.3 is 10.2 Å². The van der Waals surface area contributed by atoms with Crippen LogP contribution in [0.25, 0.3) is 0 Å². The summed E-state index contributed by atoms with van der Waals surface area (Å²) in [5.74, 6) is 0.149. The SMILES string of the molecule is O=C(NCC1CCN(C(=O)C2CC2c2ccccc2)CC1)c1ccnc(F)c1. The van der Waals surface area contributed by atoms with Crippen molar-refractivity contribution in [2.24, 2.45) is 11.8 Å². The summed E-state index contributed by atoms with van der Waals surface area (Å²) in [6.45, 7) is 2.02. The predicted molar refractivity (Wildman–Crippen MR) is 103 cm³/mol. The maximum absolute atomic E-state index is 13.1. The third-order valence-corrected chi connectivity index (χ3v) is 5.80. The second-order valence-corrected chi connectivity index (χ2v) is 7.71. The lowest BCUT2D eigenvalue weighted by Crippen LogP contribution is -2.42. The zero-order valence-electron chi connectivity index (χ0n) is 15.7. The quantitative estimate of drug-likeness (QED) is 0.810. The van der Waals surface area contributed by atoms with Gasteiger partial charge in [-0.2, -0.15) is 4.39 Å². The predicted octanol–water partition coefficient (Wildman–Crippen LogP) is 2.99. The lowest BCUT2D eigenvalue weighted by molar-refractivity contribution is -0.134. The number of hydrogen-bond acceptors (Lipinski definition) is 3. The van der Waals surface area contributed by atoms with E-state index in [9.17, 15) is 14.0 Å². The highest BCUT2D eigenvalue weighted by Crippen LogP contribution is 2.48. The van der Waals surface area contributed by atoms with Crippen LogP contribution in [0.1, 0.15) is 41.1 Å². The van der Waals surface area contributed by atoms with E-state index in [1.807, 2.05) is 23.1 Å². The van der Waals surface area contributed by atoms with Gasteiger partial charge in [-0.15, -0.1) is 0 Å². The molecular formula is C22H24FN3O2. The van der Waals surface area contributed by atoms with E-state index in [0.717, 1.165) is 38.4 Å². The first-order chi connectivity index (χ1) is 13.6. The van der Waals surface area contributed by atoms with Gasteiger partial charge in [0, 0.05) is 43.4 Å². The topological polar surface area (TPSA) is 62.3 Å². The van der Waals surface area contributed by atoms with Crippen LogP contribution in [0.4, 0.5) is 4.39 Å². The first kappa shape index (κ1) is 18.6. The third-order valence-electron chi connectivity index (χ3n) is 5.80. The van der Waals surface area contributed by atoms with Crippen molar-refractivity contribution in [2.75, 3.05) is 19.6 Å². The first-order valence-corrected chi connectivity index (χ1v) is 9.85. The zero-order chi connectivity index (χ0) is 19.5. The maximum Gasteiger partial charge on any atom is 0.251 e. The minimum Gasteiger partial charge on any atom is -0.352 e. The minimum absolute atomic E-state index is 0.125. The monoisotopic (exact) mass is 381 g/mol. The second kappa shape index (κ2) is 8.09. The van der Waals surface area contributed by atoms with Crippen molar-refractivity contribution < 1.29 is 14.0 Å². The van der Waals surface area contributed by atoms with Gasteiger partial charge in [0.15, 0.2) is 0 Å². The molecule has 6 heteroatoms. The van der Waals surface area contributed by atoms with Crippen molar-refractivity contribution in [2.45, 2.75) is 25.2 Å². The first-order valence-electron chi connectivity index (χ1n) is 9.85. The summed E-state index contributed by atoms with van der Waals surface area (Å²) in [6.07, 6.45) is 3.98. The smallest absolute Gasteiger partial charge is 0.251 e. The number of nitrogens with zero attached hydrogens (tertiary/aromatic N) is 2. The minimum atomic E-state index is -0.659. The number of pyridine rings is 1. The van der Waals surface area contributed by atoms with Crippen LogP contribution in [-0.4, -0.2) is 41.3 Å². The molecule has 4 rings (SSSR count). The van der Waals surface area contributed by atoms with Crippen LogP contribution in [0.15, 0.2) is 48.7 Å². The Balaban J connectivity index is 1.22. The molecule has 2 aliphatic rings. The molecule has 2 atom stereocenters. The van der Waals surface area contributed by atoms with Crippen molar-refractivity contribution in [1.29, 1.82) is 0 Å². The summed E-state index contributed by atoms with van der Waals surface area (Å²) >= 11 is 0. The van der Waals surface area contributed by atoms with E-state index >= 15 is 0 Å². The number of rotatable bonds is 5. The van der Waals surface area contributed by atoms with Crippen molar-refractivity contribution >= 4 is 11.8 Å². The molecule has 0 radical (unpaired) electrons. The Labute approximate surface area is 164 Å². The van der Waals surface area contributed by atoms with Crippen LogP contribution >= 0.6 is 0 Å². The number of nitrogens with one attached hydrogen (secondary N) is 1. The molecule has 1 saturated carbocycles. The van der Waals surface area contributed by atoms with Crippen LogP contribution in [0.3, 0.4) is 0 Å². The van der Waals surface area contributed by atoms with Crippen LogP contribution in [-0.2, 0) is 4.79 Å². The van der Waals surface area contributed by atoms with E-state index in [1.54, 1.807) is 0 Å². The van der Waals surface area contributed by atoms with Gasteiger partial charge in [0.1, 0.15) is 0 Å². The van der Waals surface area contributed by atoms with Gasteiger partial charge >= 0.3 is 0 Å². The Morgan fingerprint density at radius 2 is 1.89 bits per heavy atom. The molecule has 2 heterocycles. The van der Waals surface area contributed by atoms with Crippen LogP contribution in [0.5, 0.6) is 0 Å². The Kier molecular flexibility index (Phi) is 5.37. The lowest BCUT2D eigenvalue weighted by Gasteiger charge is -2.32. The maximum atomic E-state index is 13.1. The molecule has 1 aromatic heterocycles. The summed E-state index contributed by atoms with van der Waals surface area (Å²) < 4.78 is 13.1. The Morgan fingerprint density at radius 1 is 1.14 bits per heavy atom. The highest BCUT2D eigenvalue weighted by atomic mass is 19.1. The van der Waals surface area contributed by atoms with Gasteiger partial charge in [-0.05, 0) is 42.7 Å². The number of hydrogen-bond donors (Lipinski definition) is 1. The average molecular weight is 381 g/mol. The van der Waals surface area contributed by atoms with Gasteiger partial charge in [-0.3, -0.25) is 9.59 Å². The fourth-order valence-electron chi connectivity index (χ4n) is 4.01. The van der Waals surface area contributed by atoms with E-state index in [4.69, 9.17) is 0 Å². The van der Waals surface area contributed by atoms with Crippen LogP contribution < -0.4 is 5.32 Å². The summed E-state index contributed by atoms with van der Waals surface area (Å²) in [5, 5.41) is 2.87. The number of halogens is 1. The molecular weight excluding hydrogens is 357 g/mol. The largest absolute Gasteiger partial charge is 0.352 e. The molecule has 1 N–H and O–H groups in total. The van der Waals surface area contributed by atoms with Gasteiger partial charge in [0.05, 0.1) is 0 Å². The molecule has 2 fully saturated rings. The van der Waals surface area contributed by atoms with E-state index < -0.39 is 5.95 Å². The van der Waals surface area contributed by atoms with E-state index in [2.05, 4.69) is 22.4 Å². The normalized spacial score (nSPS) is 22.0. The number of likely N-dealkylation sites (tertiary alicyclic amines) is 1. The molecule has 146 valence electrons. The summed E-state index contributed by atoms with van der Waals surface area (Å²) in [4.78, 5) is 30.3. The van der Waals surface area contributed by atoms with Crippen LogP contribution in [0, 0.1) is 17.8 Å². The van der Waals surface area contributed by atoms with Gasteiger partial charge in [-0.1, -0.05) is 30.3 Å². The standard InChI is InChI=1S/C22H24FN3O2/c23-20-12-17(6-9-24-20)21(27)25-14-15-7-10-26(11-8-15)22(28)19-13-18(19)16-4-2-1-3-5-16/h1-6,9,12,15,18-19H,7-8,10-11,13-14H2,(H,25,27).